The van der Waals surface area contributed by atoms with Gasteiger partial charge < -0.3 is 0 Å². The highest BCUT2D eigenvalue weighted by molar-refractivity contribution is 5.83. The third-order valence-corrected chi connectivity index (χ3v) is 4.88. The normalized spacial score (nSPS) is 26.6. The number of benzene rings is 1. The van der Waals surface area contributed by atoms with E-state index in [1.54, 1.807) is 0 Å². The molecule has 0 aromatic heterocycles. The van der Waals surface area contributed by atoms with Gasteiger partial charge in [-0.1, -0.05) is 36.8 Å². The van der Waals surface area contributed by atoms with Crippen LogP contribution in [0.1, 0.15) is 37.7 Å². The summed E-state index contributed by atoms with van der Waals surface area (Å²) in [5.74, 6) is 1.87. The Hall–Kier alpha value is -1.84. The van der Waals surface area contributed by atoms with Crippen molar-refractivity contribution in [2.75, 3.05) is 0 Å². The second-order valence-electron chi connectivity index (χ2n) is 6.40. The number of hydrogen-bond donors (Lipinski definition) is 2. The summed E-state index contributed by atoms with van der Waals surface area (Å²) >= 11 is 0. The van der Waals surface area contributed by atoms with Crippen LogP contribution >= 0.6 is 0 Å². The maximum absolute atomic E-state index is 11.9. The second-order valence-corrected chi connectivity index (χ2v) is 6.40. The van der Waals surface area contributed by atoms with Crippen molar-refractivity contribution in [3.8, 4) is 0 Å². The maximum atomic E-state index is 11.9. The highest BCUT2D eigenvalue weighted by Crippen LogP contribution is 2.49. The predicted octanol–water partition coefficient (Wildman–Crippen LogP) is 2.20. The summed E-state index contributed by atoms with van der Waals surface area (Å²) in [5, 5.41) is 0. The van der Waals surface area contributed by atoms with E-state index in [0.29, 0.717) is 12.3 Å². The molecule has 4 nitrogen and oxygen atoms in total. The van der Waals surface area contributed by atoms with E-state index in [-0.39, 0.29) is 18.2 Å². The van der Waals surface area contributed by atoms with E-state index in [1.807, 2.05) is 30.3 Å². The molecule has 112 valence electrons. The zero-order valence-electron chi connectivity index (χ0n) is 12.2. The lowest BCUT2D eigenvalue weighted by Gasteiger charge is -2.20. The third-order valence-electron chi connectivity index (χ3n) is 4.88. The lowest BCUT2D eigenvalue weighted by molar-refractivity contribution is -0.129. The van der Waals surface area contributed by atoms with Crippen molar-refractivity contribution in [1.29, 1.82) is 0 Å². The third kappa shape index (κ3) is 3.63. The van der Waals surface area contributed by atoms with E-state index >= 15 is 0 Å². The number of carbonyl (C=O) groups excluding carboxylic acids is 2. The molecule has 0 saturated heterocycles. The van der Waals surface area contributed by atoms with Crippen LogP contribution in [0.25, 0.3) is 0 Å². The summed E-state index contributed by atoms with van der Waals surface area (Å²) in [6, 6.07) is 9.51. The monoisotopic (exact) mass is 286 g/mol. The van der Waals surface area contributed by atoms with Gasteiger partial charge in [0.05, 0.1) is 6.42 Å². The van der Waals surface area contributed by atoms with E-state index in [1.165, 1.54) is 25.7 Å². The Balaban J connectivity index is 1.38. The van der Waals surface area contributed by atoms with Crippen LogP contribution in [0.5, 0.6) is 0 Å². The van der Waals surface area contributed by atoms with Crippen LogP contribution in [0.2, 0.25) is 0 Å². The molecule has 2 fully saturated rings. The number of hydrazine groups is 1. The fourth-order valence-corrected chi connectivity index (χ4v) is 3.88. The van der Waals surface area contributed by atoms with Crippen LogP contribution in [-0.4, -0.2) is 11.8 Å². The maximum Gasteiger partial charge on any atom is 0.242 e. The molecule has 4 heteroatoms. The molecule has 0 spiro atoms. The predicted molar refractivity (Wildman–Crippen MR) is 80.0 cm³/mol. The van der Waals surface area contributed by atoms with E-state index < -0.39 is 0 Å². The molecule has 0 heterocycles. The Labute approximate surface area is 125 Å². The molecule has 0 radical (unpaired) electrons. The standard InChI is InChI=1S/C17H22N2O2/c20-16(10-12-4-2-1-3-5-12)18-19-17(21)11-15-9-13-6-7-14(15)8-13/h1-5,13-15H,6-11H2,(H,18,20)(H,19,21). The highest BCUT2D eigenvalue weighted by Gasteiger charge is 2.40. The minimum absolute atomic E-state index is 0.0611. The van der Waals surface area contributed by atoms with Crippen LogP contribution in [0.15, 0.2) is 30.3 Å². The quantitative estimate of drug-likeness (QED) is 0.834. The molecule has 2 aliphatic rings. The molecule has 3 unspecified atom stereocenters. The Morgan fingerprint density at radius 3 is 2.43 bits per heavy atom. The molecular weight excluding hydrogens is 264 g/mol. The number of nitrogens with one attached hydrogen (secondary N) is 2. The van der Waals surface area contributed by atoms with Crippen LogP contribution in [0.3, 0.4) is 0 Å². The van der Waals surface area contributed by atoms with Gasteiger partial charge in [0.1, 0.15) is 0 Å². The van der Waals surface area contributed by atoms with E-state index in [2.05, 4.69) is 10.9 Å². The highest BCUT2D eigenvalue weighted by atomic mass is 16.2. The molecule has 21 heavy (non-hydrogen) atoms. The Kier molecular flexibility index (Phi) is 4.23. The number of fused-ring (bicyclic) bond motifs is 2. The van der Waals surface area contributed by atoms with Crippen LogP contribution in [-0.2, 0) is 16.0 Å². The van der Waals surface area contributed by atoms with Crippen molar-refractivity contribution in [3.63, 3.8) is 0 Å². The van der Waals surface area contributed by atoms with Gasteiger partial charge in [0.15, 0.2) is 0 Å². The van der Waals surface area contributed by atoms with Crippen molar-refractivity contribution < 1.29 is 9.59 Å². The molecule has 2 saturated carbocycles. The largest absolute Gasteiger partial charge is 0.273 e. The van der Waals surface area contributed by atoms with E-state index in [0.717, 1.165) is 17.4 Å². The molecule has 0 aliphatic heterocycles. The van der Waals surface area contributed by atoms with Gasteiger partial charge in [-0.25, -0.2) is 0 Å². The van der Waals surface area contributed by atoms with Gasteiger partial charge in [0.25, 0.3) is 0 Å². The molecular formula is C17H22N2O2. The zero-order chi connectivity index (χ0) is 14.7. The van der Waals surface area contributed by atoms with Crippen molar-refractivity contribution in [2.45, 2.75) is 38.5 Å². The zero-order valence-corrected chi connectivity index (χ0v) is 12.2. The smallest absolute Gasteiger partial charge is 0.242 e. The molecule has 1 aromatic carbocycles. The van der Waals surface area contributed by atoms with Gasteiger partial charge in [0, 0.05) is 6.42 Å². The molecule has 2 aliphatic carbocycles. The molecule has 3 rings (SSSR count). The van der Waals surface area contributed by atoms with Gasteiger partial charge in [-0.2, -0.15) is 0 Å². The van der Waals surface area contributed by atoms with E-state index in [4.69, 9.17) is 0 Å². The van der Waals surface area contributed by atoms with Crippen molar-refractivity contribution in [2.24, 2.45) is 17.8 Å². The lowest BCUT2D eigenvalue weighted by Crippen LogP contribution is -2.43. The van der Waals surface area contributed by atoms with E-state index in [9.17, 15) is 9.59 Å². The average molecular weight is 286 g/mol. The summed E-state index contributed by atoms with van der Waals surface area (Å²) in [4.78, 5) is 23.7. The topological polar surface area (TPSA) is 58.2 Å². The lowest BCUT2D eigenvalue weighted by atomic mass is 9.86. The van der Waals surface area contributed by atoms with Gasteiger partial charge in [-0.15, -0.1) is 0 Å². The van der Waals surface area contributed by atoms with Crippen molar-refractivity contribution in [1.82, 2.24) is 10.9 Å². The summed E-state index contributed by atoms with van der Waals surface area (Å²) in [6.45, 7) is 0. The molecule has 1 aromatic rings. The number of amides is 2. The minimum atomic E-state index is -0.178. The van der Waals surface area contributed by atoms with Gasteiger partial charge in [0.2, 0.25) is 11.8 Å². The first kappa shape index (κ1) is 14.1. The average Bonchev–Trinajstić information content (AvgIpc) is 3.09. The van der Waals surface area contributed by atoms with Crippen LogP contribution in [0, 0.1) is 17.8 Å². The fraction of sp³-hybridized carbons (Fsp3) is 0.529. The van der Waals surface area contributed by atoms with Gasteiger partial charge in [-0.3, -0.25) is 20.4 Å². The Morgan fingerprint density at radius 2 is 1.76 bits per heavy atom. The molecule has 2 N–H and O–H groups in total. The summed E-state index contributed by atoms with van der Waals surface area (Å²) in [7, 11) is 0. The molecule has 3 atom stereocenters. The first-order valence-corrected chi connectivity index (χ1v) is 7.82. The van der Waals surface area contributed by atoms with Gasteiger partial charge in [-0.05, 0) is 42.6 Å². The first-order valence-electron chi connectivity index (χ1n) is 7.82. The number of rotatable bonds is 4. The minimum Gasteiger partial charge on any atom is -0.273 e. The second kappa shape index (κ2) is 6.29. The Bertz CT molecular complexity index is 515. The SMILES string of the molecule is O=C(Cc1ccccc1)NNC(=O)CC1CC2CCC1C2. The number of hydrogen-bond acceptors (Lipinski definition) is 2. The summed E-state index contributed by atoms with van der Waals surface area (Å²) < 4.78 is 0. The first-order chi connectivity index (χ1) is 10.2. The summed E-state index contributed by atoms with van der Waals surface area (Å²) in [6.07, 6.45) is 5.95. The van der Waals surface area contributed by atoms with Crippen molar-refractivity contribution >= 4 is 11.8 Å². The Morgan fingerprint density at radius 1 is 1.00 bits per heavy atom. The van der Waals surface area contributed by atoms with Crippen molar-refractivity contribution in [3.05, 3.63) is 35.9 Å². The molecule has 2 bridgehead atoms. The number of carbonyl (C=O) groups is 2. The fourth-order valence-electron chi connectivity index (χ4n) is 3.88. The molecule has 2 amide bonds. The van der Waals surface area contributed by atoms with Crippen LogP contribution < -0.4 is 10.9 Å². The van der Waals surface area contributed by atoms with Crippen LogP contribution in [0.4, 0.5) is 0 Å². The summed E-state index contributed by atoms with van der Waals surface area (Å²) in [5.41, 5.74) is 6.00. The van der Waals surface area contributed by atoms with Gasteiger partial charge >= 0.3 is 0 Å².